The monoisotopic (exact) mass is 290 g/mol. The molecule has 2 atom stereocenters. The van der Waals surface area contributed by atoms with Crippen LogP contribution in [0.15, 0.2) is 6.07 Å². The average Bonchev–Trinajstić information content (AvgIpc) is 2.97. The average molecular weight is 290 g/mol. The van der Waals surface area contributed by atoms with Gasteiger partial charge in [-0.15, -0.1) is 0 Å². The third kappa shape index (κ3) is 2.84. The summed E-state index contributed by atoms with van der Waals surface area (Å²) >= 11 is 0. The summed E-state index contributed by atoms with van der Waals surface area (Å²) in [4.78, 5) is 15.0. The number of carbonyl (C=O) groups excluding carboxylic acids is 1. The molecule has 1 amide bonds. The van der Waals surface area contributed by atoms with Crippen LogP contribution in [0.3, 0.4) is 0 Å². The van der Waals surface area contributed by atoms with E-state index < -0.39 is 0 Å². The zero-order valence-corrected chi connectivity index (χ0v) is 13.3. The molecule has 0 spiro atoms. The first-order valence-corrected chi connectivity index (χ1v) is 8.16. The Morgan fingerprint density at radius 3 is 2.62 bits per heavy atom. The molecule has 3 rings (SSSR count). The highest BCUT2D eigenvalue weighted by molar-refractivity contribution is 5.93. The number of aryl methyl sites for hydroxylation is 2. The summed E-state index contributed by atoms with van der Waals surface area (Å²) < 4.78 is 1.72. The van der Waals surface area contributed by atoms with Gasteiger partial charge in [-0.05, 0) is 45.1 Å². The molecule has 5 nitrogen and oxygen atoms in total. The Balaban J connectivity index is 1.80. The largest absolute Gasteiger partial charge is 0.334 e. The second kappa shape index (κ2) is 5.79. The molecule has 0 saturated carbocycles. The number of rotatable bonds is 4. The van der Waals surface area contributed by atoms with Crippen molar-refractivity contribution in [2.75, 3.05) is 6.54 Å². The van der Waals surface area contributed by atoms with Crippen molar-refractivity contribution in [3.8, 4) is 0 Å². The number of nitrogens with zero attached hydrogens (tertiary/aromatic N) is 3. The van der Waals surface area contributed by atoms with E-state index in [1.165, 1.54) is 12.8 Å². The van der Waals surface area contributed by atoms with Crippen LogP contribution in [0.1, 0.15) is 55.2 Å². The first-order chi connectivity index (χ1) is 10.1. The minimum absolute atomic E-state index is 0.145. The molecule has 116 valence electrons. The van der Waals surface area contributed by atoms with Crippen LogP contribution in [0.25, 0.3) is 0 Å². The zero-order chi connectivity index (χ0) is 15.0. The fourth-order valence-electron chi connectivity index (χ4n) is 3.93. The quantitative estimate of drug-likeness (QED) is 0.921. The molecule has 2 aliphatic heterocycles. The van der Waals surface area contributed by atoms with Gasteiger partial charge in [-0.3, -0.25) is 9.48 Å². The molecule has 1 aromatic heterocycles. The van der Waals surface area contributed by atoms with Gasteiger partial charge in [0, 0.05) is 31.7 Å². The molecule has 3 heterocycles. The Labute approximate surface area is 126 Å². The maximum atomic E-state index is 12.9. The van der Waals surface area contributed by atoms with Crippen molar-refractivity contribution in [1.29, 1.82) is 0 Å². The molecule has 2 bridgehead atoms. The number of carbonyl (C=O) groups is 1. The number of hydrogen-bond acceptors (Lipinski definition) is 3. The predicted octanol–water partition coefficient (Wildman–Crippen LogP) is 1.86. The van der Waals surface area contributed by atoms with Crippen molar-refractivity contribution < 1.29 is 4.79 Å². The zero-order valence-electron chi connectivity index (χ0n) is 13.3. The van der Waals surface area contributed by atoms with Gasteiger partial charge in [-0.1, -0.05) is 6.92 Å². The van der Waals surface area contributed by atoms with Crippen LogP contribution in [0, 0.1) is 6.92 Å². The molecule has 1 N–H and O–H groups in total. The third-order valence-corrected chi connectivity index (χ3v) is 4.84. The summed E-state index contributed by atoms with van der Waals surface area (Å²) in [6.45, 7) is 4.92. The summed E-state index contributed by atoms with van der Waals surface area (Å²) in [5, 5.41) is 7.97. The molecule has 5 heteroatoms. The standard InChI is InChI=1S/C16H26N4O/c1-4-7-20(14-9-12-5-6-13(10-14)17-12)16(21)15-8-11(2)18-19(15)3/h8,12-14,17H,4-7,9-10H2,1-3H3. The Hall–Kier alpha value is -1.36. The summed E-state index contributed by atoms with van der Waals surface area (Å²) in [5.74, 6) is 0.145. The van der Waals surface area contributed by atoms with E-state index in [-0.39, 0.29) is 5.91 Å². The van der Waals surface area contributed by atoms with Gasteiger partial charge < -0.3 is 10.2 Å². The number of piperidine rings is 1. The van der Waals surface area contributed by atoms with Crippen LogP contribution in [0.4, 0.5) is 0 Å². The number of nitrogens with one attached hydrogen (secondary N) is 1. The van der Waals surface area contributed by atoms with Gasteiger partial charge in [-0.2, -0.15) is 5.10 Å². The first-order valence-electron chi connectivity index (χ1n) is 8.16. The van der Waals surface area contributed by atoms with Gasteiger partial charge in [0.2, 0.25) is 0 Å². The van der Waals surface area contributed by atoms with E-state index in [2.05, 4.69) is 22.2 Å². The minimum Gasteiger partial charge on any atom is -0.334 e. The van der Waals surface area contributed by atoms with E-state index in [0.29, 0.717) is 23.8 Å². The lowest BCUT2D eigenvalue weighted by Crippen LogP contribution is -2.50. The molecule has 2 saturated heterocycles. The molecular weight excluding hydrogens is 264 g/mol. The van der Waals surface area contributed by atoms with Crippen LogP contribution in [-0.4, -0.2) is 45.3 Å². The van der Waals surface area contributed by atoms with Gasteiger partial charge in [0.05, 0.1) is 5.69 Å². The number of aromatic nitrogens is 2. The van der Waals surface area contributed by atoms with Crippen molar-refractivity contribution in [3.63, 3.8) is 0 Å². The van der Waals surface area contributed by atoms with Gasteiger partial charge in [0.25, 0.3) is 5.91 Å². The van der Waals surface area contributed by atoms with E-state index in [1.54, 1.807) is 4.68 Å². The van der Waals surface area contributed by atoms with Crippen molar-refractivity contribution in [2.45, 2.75) is 64.1 Å². The summed E-state index contributed by atoms with van der Waals surface area (Å²) in [6.07, 6.45) is 5.72. The van der Waals surface area contributed by atoms with Crippen LogP contribution in [0.2, 0.25) is 0 Å². The molecule has 2 unspecified atom stereocenters. The lowest BCUT2D eigenvalue weighted by Gasteiger charge is -2.37. The molecule has 0 aliphatic carbocycles. The Morgan fingerprint density at radius 2 is 2.10 bits per heavy atom. The molecule has 0 radical (unpaired) electrons. The van der Waals surface area contributed by atoms with Crippen LogP contribution < -0.4 is 5.32 Å². The van der Waals surface area contributed by atoms with Crippen molar-refractivity contribution in [1.82, 2.24) is 20.0 Å². The van der Waals surface area contributed by atoms with Crippen LogP contribution in [-0.2, 0) is 7.05 Å². The van der Waals surface area contributed by atoms with E-state index in [1.807, 2.05) is 20.0 Å². The molecular formula is C16H26N4O. The number of amides is 1. The van der Waals surface area contributed by atoms with Gasteiger partial charge in [0.1, 0.15) is 5.69 Å². The van der Waals surface area contributed by atoms with Crippen LogP contribution in [0.5, 0.6) is 0 Å². The highest BCUT2D eigenvalue weighted by atomic mass is 16.2. The topological polar surface area (TPSA) is 50.2 Å². The molecule has 1 aromatic rings. The summed E-state index contributed by atoms with van der Waals surface area (Å²) in [5.41, 5.74) is 1.62. The lowest BCUT2D eigenvalue weighted by molar-refractivity contribution is 0.0605. The molecule has 2 fully saturated rings. The van der Waals surface area contributed by atoms with Crippen LogP contribution >= 0.6 is 0 Å². The predicted molar refractivity (Wildman–Crippen MR) is 82.2 cm³/mol. The third-order valence-electron chi connectivity index (χ3n) is 4.84. The number of fused-ring (bicyclic) bond motifs is 2. The fourth-order valence-corrected chi connectivity index (χ4v) is 3.93. The normalized spacial score (nSPS) is 27.9. The van der Waals surface area contributed by atoms with E-state index in [4.69, 9.17) is 0 Å². The second-order valence-electron chi connectivity index (χ2n) is 6.56. The second-order valence-corrected chi connectivity index (χ2v) is 6.56. The lowest BCUT2D eigenvalue weighted by atomic mass is 9.97. The van der Waals surface area contributed by atoms with Crippen molar-refractivity contribution in [3.05, 3.63) is 17.5 Å². The molecule has 21 heavy (non-hydrogen) atoms. The smallest absolute Gasteiger partial charge is 0.272 e. The fraction of sp³-hybridized carbons (Fsp3) is 0.750. The highest BCUT2D eigenvalue weighted by Gasteiger charge is 2.38. The number of hydrogen-bond donors (Lipinski definition) is 1. The van der Waals surface area contributed by atoms with Gasteiger partial charge in [-0.25, -0.2) is 0 Å². The molecule has 0 aromatic carbocycles. The minimum atomic E-state index is 0.145. The Morgan fingerprint density at radius 1 is 1.43 bits per heavy atom. The SMILES string of the molecule is CCCN(C(=O)c1cc(C)nn1C)C1CC2CCC(C1)N2. The van der Waals surface area contributed by atoms with Gasteiger partial charge in [0.15, 0.2) is 0 Å². The Bertz CT molecular complexity index is 512. The van der Waals surface area contributed by atoms with E-state index in [9.17, 15) is 4.79 Å². The maximum absolute atomic E-state index is 12.9. The van der Waals surface area contributed by atoms with Gasteiger partial charge >= 0.3 is 0 Å². The van der Waals surface area contributed by atoms with Crippen molar-refractivity contribution in [2.24, 2.45) is 7.05 Å². The van der Waals surface area contributed by atoms with E-state index >= 15 is 0 Å². The Kier molecular flexibility index (Phi) is 4.02. The molecule has 2 aliphatic rings. The van der Waals surface area contributed by atoms with E-state index in [0.717, 1.165) is 31.5 Å². The maximum Gasteiger partial charge on any atom is 0.272 e. The summed E-state index contributed by atoms with van der Waals surface area (Å²) in [6, 6.07) is 3.50. The first kappa shape index (κ1) is 14.6. The highest BCUT2D eigenvalue weighted by Crippen LogP contribution is 2.30. The summed E-state index contributed by atoms with van der Waals surface area (Å²) in [7, 11) is 1.86. The van der Waals surface area contributed by atoms with Crippen molar-refractivity contribution >= 4 is 5.91 Å².